The minimum atomic E-state index is -0.486. The van der Waals surface area contributed by atoms with Gasteiger partial charge in [-0.2, -0.15) is 0 Å². The summed E-state index contributed by atoms with van der Waals surface area (Å²) in [5, 5.41) is 20.7. The molecule has 140 valence electrons. The molecule has 0 heterocycles. The molecule has 2 fully saturated rings. The molecule has 6 atom stereocenters. The molecule has 0 radical (unpaired) electrons. The Bertz CT molecular complexity index is 528. The predicted octanol–water partition coefficient (Wildman–Crippen LogP) is 3.42. The number of rotatable bonds is 8. The van der Waals surface area contributed by atoms with E-state index in [2.05, 4.69) is 24.0 Å². The second-order valence-electron chi connectivity index (χ2n) is 7.84. The van der Waals surface area contributed by atoms with Crippen LogP contribution in [0.25, 0.3) is 0 Å². The van der Waals surface area contributed by atoms with Crippen molar-refractivity contribution in [2.45, 2.75) is 71.0 Å². The lowest BCUT2D eigenvalue weighted by Crippen LogP contribution is -2.19. The molecule has 3 heteroatoms. The molecular formula is C22H35NO2. The normalized spacial score (nSPS) is 32.6. The summed E-state index contributed by atoms with van der Waals surface area (Å²) in [4.78, 5) is 0. The number of aliphatic hydroxyl groups is 2. The summed E-state index contributed by atoms with van der Waals surface area (Å²) in [6, 6.07) is 0. The first-order chi connectivity index (χ1) is 12.1. The second kappa shape index (κ2) is 10.2. The molecule has 0 aromatic rings. The number of hydrogen-bond donors (Lipinski definition) is 3. The molecule has 0 aromatic carbocycles. The molecule has 0 unspecified atom stereocenters. The summed E-state index contributed by atoms with van der Waals surface area (Å²) in [5.41, 5.74) is 7.11. The van der Waals surface area contributed by atoms with Gasteiger partial charge in [0.2, 0.25) is 0 Å². The molecule has 0 amide bonds. The van der Waals surface area contributed by atoms with Crippen LogP contribution in [-0.4, -0.2) is 29.0 Å². The molecule has 2 aliphatic carbocycles. The molecule has 2 aliphatic rings. The van der Waals surface area contributed by atoms with Crippen molar-refractivity contribution in [3.8, 4) is 11.8 Å². The van der Waals surface area contributed by atoms with E-state index in [9.17, 15) is 10.2 Å². The fourth-order valence-corrected chi connectivity index (χ4v) is 4.35. The zero-order chi connectivity index (χ0) is 18.2. The van der Waals surface area contributed by atoms with Gasteiger partial charge in [-0.15, -0.1) is 11.8 Å². The highest BCUT2D eigenvalue weighted by Gasteiger charge is 2.44. The molecule has 0 saturated heterocycles. The van der Waals surface area contributed by atoms with Gasteiger partial charge in [0.1, 0.15) is 0 Å². The fraction of sp³-hybridized carbons (Fsp3) is 0.727. The van der Waals surface area contributed by atoms with Gasteiger partial charge in [0, 0.05) is 12.3 Å². The summed E-state index contributed by atoms with van der Waals surface area (Å²) in [6.07, 6.45) is 12.9. The fourth-order valence-electron chi connectivity index (χ4n) is 4.35. The number of fused-ring (bicyclic) bond motifs is 1. The topological polar surface area (TPSA) is 66.5 Å². The number of hydrogen-bond acceptors (Lipinski definition) is 3. The second-order valence-corrected chi connectivity index (χ2v) is 7.84. The maximum Gasteiger partial charge on any atom is 0.0755 e. The monoisotopic (exact) mass is 345 g/mol. The maximum atomic E-state index is 10.4. The average Bonchev–Trinajstić information content (AvgIpc) is 3.11. The Kier molecular flexibility index (Phi) is 8.22. The van der Waals surface area contributed by atoms with Crippen molar-refractivity contribution in [2.75, 3.05) is 6.54 Å². The Morgan fingerprint density at radius 2 is 2.12 bits per heavy atom. The van der Waals surface area contributed by atoms with Gasteiger partial charge in [-0.05, 0) is 69.7 Å². The van der Waals surface area contributed by atoms with Crippen LogP contribution in [0.1, 0.15) is 58.8 Å². The van der Waals surface area contributed by atoms with Gasteiger partial charge < -0.3 is 15.9 Å². The van der Waals surface area contributed by atoms with Crippen LogP contribution in [-0.2, 0) is 0 Å². The van der Waals surface area contributed by atoms with E-state index >= 15 is 0 Å². The first-order valence-corrected chi connectivity index (χ1v) is 9.88. The molecule has 0 bridgehead atoms. The highest BCUT2D eigenvalue weighted by molar-refractivity contribution is 5.18. The van der Waals surface area contributed by atoms with Crippen LogP contribution < -0.4 is 5.73 Å². The zero-order valence-electron chi connectivity index (χ0n) is 15.8. The van der Waals surface area contributed by atoms with Crippen LogP contribution in [0, 0.1) is 35.5 Å². The van der Waals surface area contributed by atoms with Crippen LogP contribution in [0.5, 0.6) is 0 Å². The van der Waals surface area contributed by atoms with Gasteiger partial charge in [-0.1, -0.05) is 30.7 Å². The molecule has 4 N–H and O–H groups in total. The van der Waals surface area contributed by atoms with Crippen molar-refractivity contribution >= 4 is 0 Å². The first-order valence-electron chi connectivity index (χ1n) is 9.88. The standard InChI is InChI=1S/C22H35NO2/c1-3-4-8-16(2)21(24)11-10-19-20-14-17(9-6-5-7-12-23)13-18(20)15-22(19)25/h9-11,16,18-22,24-25H,5-8,12-15,23H2,1-2H3/b11-10+,17-9?/t16-,18-,19+,20-,21-,22+/m0/s1. The summed E-state index contributed by atoms with van der Waals surface area (Å²) in [6.45, 7) is 4.62. The molecule has 0 spiro atoms. The van der Waals surface area contributed by atoms with E-state index in [1.54, 1.807) is 5.57 Å². The minimum Gasteiger partial charge on any atom is -0.392 e. The van der Waals surface area contributed by atoms with Crippen LogP contribution in [0.15, 0.2) is 23.8 Å². The first kappa shape index (κ1) is 20.2. The summed E-state index contributed by atoms with van der Waals surface area (Å²) < 4.78 is 0. The van der Waals surface area contributed by atoms with Crippen molar-refractivity contribution in [1.29, 1.82) is 0 Å². The summed E-state index contributed by atoms with van der Waals surface area (Å²) in [5.74, 6) is 7.35. The molecule has 25 heavy (non-hydrogen) atoms. The van der Waals surface area contributed by atoms with Gasteiger partial charge >= 0.3 is 0 Å². The SMILES string of the molecule is CC#CC[C@H](C)[C@@H](O)/C=C/[C@@H]1[C@H]2CC(=CCCCCN)C[C@H]2C[C@H]1O. The van der Waals surface area contributed by atoms with Gasteiger partial charge in [0.25, 0.3) is 0 Å². The van der Waals surface area contributed by atoms with Crippen LogP contribution in [0.4, 0.5) is 0 Å². The molecule has 2 saturated carbocycles. The maximum absolute atomic E-state index is 10.4. The number of unbranched alkanes of at least 4 members (excludes halogenated alkanes) is 2. The number of aliphatic hydroxyl groups excluding tert-OH is 2. The van der Waals surface area contributed by atoms with Crippen molar-refractivity contribution < 1.29 is 10.2 Å². The minimum absolute atomic E-state index is 0.125. The highest BCUT2D eigenvalue weighted by atomic mass is 16.3. The Morgan fingerprint density at radius 3 is 2.84 bits per heavy atom. The Balaban J connectivity index is 1.90. The van der Waals surface area contributed by atoms with E-state index in [4.69, 9.17) is 5.73 Å². The Labute approximate surface area is 153 Å². The molecule has 0 aliphatic heterocycles. The van der Waals surface area contributed by atoms with E-state index in [1.165, 1.54) is 6.42 Å². The lowest BCUT2D eigenvalue weighted by atomic mass is 9.89. The number of allylic oxidation sites excluding steroid dienone is 2. The lowest BCUT2D eigenvalue weighted by Gasteiger charge is -2.19. The Hall–Kier alpha value is -1.08. The van der Waals surface area contributed by atoms with Crippen LogP contribution in [0.2, 0.25) is 0 Å². The Morgan fingerprint density at radius 1 is 1.32 bits per heavy atom. The van der Waals surface area contributed by atoms with E-state index < -0.39 is 6.10 Å². The van der Waals surface area contributed by atoms with Crippen molar-refractivity contribution in [1.82, 2.24) is 0 Å². The third-order valence-electron chi connectivity index (χ3n) is 5.92. The molecular weight excluding hydrogens is 310 g/mol. The van der Waals surface area contributed by atoms with Gasteiger partial charge in [-0.3, -0.25) is 0 Å². The number of nitrogens with two attached hydrogens (primary N) is 1. The van der Waals surface area contributed by atoms with Gasteiger partial charge in [0.05, 0.1) is 12.2 Å². The van der Waals surface area contributed by atoms with Crippen molar-refractivity contribution in [3.05, 3.63) is 23.8 Å². The summed E-state index contributed by atoms with van der Waals surface area (Å²) >= 11 is 0. The molecule has 3 nitrogen and oxygen atoms in total. The third-order valence-corrected chi connectivity index (χ3v) is 5.92. The van der Waals surface area contributed by atoms with Crippen LogP contribution >= 0.6 is 0 Å². The van der Waals surface area contributed by atoms with E-state index in [0.29, 0.717) is 18.3 Å². The van der Waals surface area contributed by atoms with E-state index in [0.717, 1.165) is 38.6 Å². The quantitative estimate of drug-likeness (QED) is 0.359. The zero-order valence-corrected chi connectivity index (χ0v) is 15.8. The third kappa shape index (κ3) is 5.71. The highest BCUT2D eigenvalue weighted by Crippen LogP contribution is 2.50. The average molecular weight is 346 g/mol. The lowest BCUT2D eigenvalue weighted by molar-refractivity contribution is 0.137. The van der Waals surface area contributed by atoms with Crippen molar-refractivity contribution in [2.24, 2.45) is 29.4 Å². The van der Waals surface area contributed by atoms with Crippen LogP contribution in [0.3, 0.4) is 0 Å². The molecule has 2 rings (SSSR count). The van der Waals surface area contributed by atoms with Gasteiger partial charge in [0.15, 0.2) is 0 Å². The predicted molar refractivity (Wildman–Crippen MR) is 104 cm³/mol. The van der Waals surface area contributed by atoms with E-state index in [-0.39, 0.29) is 17.9 Å². The smallest absolute Gasteiger partial charge is 0.0755 e. The van der Waals surface area contributed by atoms with E-state index in [1.807, 2.05) is 19.9 Å². The largest absolute Gasteiger partial charge is 0.392 e. The van der Waals surface area contributed by atoms with Crippen molar-refractivity contribution in [3.63, 3.8) is 0 Å². The summed E-state index contributed by atoms with van der Waals surface area (Å²) in [7, 11) is 0. The molecule has 0 aromatic heterocycles. The van der Waals surface area contributed by atoms with Gasteiger partial charge in [-0.25, -0.2) is 0 Å².